The Hall–Kier alpha value is -3.60. The van der Waals surface area contributed by atoms with E-state index in [1.165, 1.54) is 36.9 Å². The number of imidazole rings is 1. The molecule has 1 aromatic carbocycles. The molecule has 0 radical (unpaired) electrons. The minimum Gasteiger partial charge on any atom is -0.496 e. The number of nitrogens with zero attached hydrogens (tertiary/aromatic N) is 5. The number of carbonyl (C=O) groups excluding carboxylic acids is 1. The van der Waals surface area contributed by atoms with Gasteiger partial charge in [-0.2, -0.15) is 5.10 Å². The first-order valence-corrected chi connectivity index (χ1v) is 10.3. The van der Waals surface area contributed by atoms with Crippen molar-refractivity contribution in [1.29, 1.82) is 0 Å². The van der Waals surface area contributed by atoms with Crippen LogP contribution in [0.1, 0.15) is 40.8 Å². The fourth-order valence-corrected chi connectivity index (χ4v) is 3.96. The summed E-state index contributed by atoms with van der Waals surface area (Å²) >= 11 is 1.37. The highest BCUT2D eigenvalue weighted by Crippen LogP contribution is 2.32. The molecular weight excluding hydrogens is 421 g/mol. The first kappa shape index (κ1) is 20.7. The lowest BCUT2D eigenvalue weighted by Gasteiger charge is -2.08. The molecule has 11 heteroatoms. The van der Waals surface area contributed by atoms with Crippen molar-refractivity contribution in [3.8, 4) is 16.5 Å². The summed E-state index contributed by atoms with van der Waals surface area (Å²) in [4.78, 5) is 26.5. The Labute approximate surface area is 181 Å². The summed E-state index contributed by atoms with van der Waals surface area (Å²) in [6, 6.07) is 3.79. The van der Waals surface area contributed by atoms with E-state index in [4.69, 9.17) is 15.5 Å². The molecule has 0 atom stereocenters. The summed E-state index contributed by atoms with van der Waals surface area (Å²) in [7, 11) is 1.43. The molecule has 0 unspecified atom stereocenters. The number of nitrogens with two attached hydrogens (primary N) is 1. The first-order valence-electron chi connectivity index (χ1n) is 9.45. The average molecular weight is 441 g/mol. The third-order valence-corrected chi connectivity index (χ3v) is 5.59. The van der Waals surface area contributed by atoms with Gasteiger partial charge in [-0.1, -0.05) is 13.8 Å². The number of halogens is 1. The zero-order valence-electron chi connectivity index (χ0n) is 17.1. The number of rotatable bonds is 6. The van der Waals surface area contributed by atoms with Crippen LogP contribution in [0.5, 0.6) is 5.75 Å². The fourth-order valence-electron chi connectivity index (χ4n) is 3.12. The van der Waals surface area contributed by atoms with Gasteiger partial charge < -0.3 is 15.8 Å². The van der Waals surface area contributed by atoms with E-state index in [2.05, 4.69) is 20.4 Å². The highest BCUT2D eigenvalue weighted by molar-refractivity contribution is 7.15. The molecule has 160 valence electrons. The molecule has 0 saturated carbocycles. The van der Waals surface area contributed by atoms with E-state index < -0.39 is 11.7 Å². The first-order chi connectivity index (χ1) is 14.9. The van der Waals surface area contributed by atoms with Crippen molar-refractivity contribution < 1.29 is 13.9 Å². The zero-order chi connectivity index (χ0) is 22.1. The molecule has 4 aromatic rings. The second-order valence-corrected chi connectivity index (χ2v) is 8.15. The van der Waals surface area contributed by atoms with E-state index >= 15 is 0 Å². The van der Waals surface area contributed by atoms with Crippen LogP contribution in [0.4, 0.5) is 10.2 Å². The SMILES string of the molecule is COc1ccc(F)cc1C(=O)NCc1cnc(-c2nc(C(C)C)n3ncnc(N)c23)s1. The Morgan fingerprint density at radius 1 is 1.35 bits per heavy atom. The van der Waals surface area contributed by atoms with Crippen LogP contribution in [0.15, 0.2) is 30.7 Å². The molecular formula is C20H20FN7O2S. The molecule has 4 rings (SSSR count). The molecule has 31 heavy (non-hydrogen) atoms. The molecule has 3 aromatic heterocycles. The van der Waals surface area contributed by atoms with Crippen LogP contribution in [-0.4, -0.2) is 37.6 Å². The Kier molecular flexibility index (Phi) is 5.51. The molecule has 1 amide bonds. The summed E-state index contributed by atoms with van der Waals surface area (Å²) in [5, 5.41) is 7.67. The van der Waals surface area contributed by atoms with Crippen molar-refractivity contribution in [1.82, 2.24) is 29.9 Å². The van der Waals surface area contributed by atoms with E-state index in [0.717, 1.165) is 16.8 Å². The number of fused-ring (bicyclic) bond motifs is 1. The molecule has 0 saturated heterocycles. The summed E-state index contributed by atoms with van der Waals surface area (Å²) in [5.41, 5.74) is 7.40. The maximum absolute atomic E-state index is 13.5. The maximum Gasteiger partial charge on any atom is 0.255 e. The minimum atomic E-state index is -0.515. The quantitative estimate of drug-likeness (QED) is 0.472. The standard InChI is InChI=1S/C20H20FN7O2S/c1-10(2)18-27-15(16-17(22)25-9-26-28(16)18)20-24-8-12(31-20)7-23-19(29)13-6-11(21)4-5-14(13)30-3/h4-6,8-10H,7H2,1-3H3,(H,23,29)(H2,22,25,26). The van der Waals surface area contributed by atoms with Gasteiger partial charge in [0.1, 0.15) is 39.9 Å². The number of carbonyl (C=O) groups is 1. The van der Waals surface area contributed by atoms with Gasteiger partial charge in [-0.3, -0.25) is 4.79 Å². The molecule has 0 aliphatic heterocycles. The number of hydrogen-bond donors (Lipinski definition) is 2. The Morgan fingerprint density at radius 3 is 2.90 bits per heavy atom. The van der Waals surface area contributed by atoms with Gasteiger partial charge in [0, 0.05) is 17.0 Å². The van der Waals surface area contributed by atoms with Gasteiger partial charge in [-0.05, 0) is 18.2 Å². The highest BCUT2D eigenvalue weighted by Gasteiger charge is 2.21. The largest absolute Gasteiger partial charge is 0.496 e. The average Bonchev–Trinajstić information content (AvgIpc) is 3.37. The van der Waals surface area contributed by atoms with Crippen molar-refractivity contribution in [2.24, 2.45) is 0 Å². The zero-order valence-corrected chi connectivity index (χ0v) is 17.9. The fraction of sp³-hybridized carbons (Fsp3) is 0.250. The number of nitrogen functional groups attached to an aromatic ring is 1. The number of thiazole rings is 1. The number of nitrogens with one attached hydrogen (secondary N) is 1. The van der Waals surface area contributed by atoms with E-state index in [9.17, 15) is 9.18 Å². The number of aromatic nitrogens is 5. The van der Waals surface area contributed by atoms with Crippen LogP contribution in [0, 0.1) is 5.82 Å². The van der Waals surface area contributed by atoms with Gasteiger partial charge in [0.25, 0.3) is 5.91 Å². The molecule has 0 aliphatic carbocycles. The number of methoxy groups -OCH3 is 1. The van der Waals surface area contributed by atoms with E-state index in [1.54, 1.807) is 10.7 Å². The van der Waals surface area contributed by atoms with Crippen LogP contribution in [0.3, 0.4) is 0 Å². The third-order valence-electron chi connectivity index (χ3n) is 4.59. The van der Waals surface area contributed by atoms with Crippen molar-refractivity contribution in [2.75, 3.05) is 12.8 Å². The number of hydrogen-bond acceptors (Lipinski definition) is 8. The lowest BCUT2D eigenvalue weighted by Crippen LogP contribution is -2.23. The van der Waals surface area contributed by atoms with Gasteiger partial charge >= 0.3 is 0 Å². The molecule has 3 heterocycles. The molecule has 0 spiro atoms. The minimum absolute atomic E-state index is 0.121. The van der Waals surface area contributed by atoms with Crippen molar-refractivity contribution in [2.45, 2.75) is 26.3 Å². The third kappa shape index (κ3) is 3.91. The summed E-state index contributed by atoms with van der Waals surface area (Å²) in [6.45, 7) is 4.24. The van der Waals surface area contributed by atoms with Gasteiger partial charge in [0.2, 0.25) is 0 Å². The summed E-state index contributed by atoms with van der Waals surface area (Å²) < 4.78 is 20.4. The monoisotopic (exact) mass is 441 g/mol. The predicted molar refractivity (Wildman–Crippen MR) is 115 cm³/mol. The van der Waals surface area contributed by atoms with Crippen LogP contribution >= 0.6 is 11.3 Å². The normalized spacial score (nSPS) is 11.3. The van der Waals surface area contributed by atoms with E-state index in [1.807, 2.05) is 13.8 Å². The van der Waals surface area contributed by atoms with E-state index in [-0.39, 0.29) is 18.0 Å². The maximum atomic E-state index is 13.5. The van der Waals surface area contributed by atoms with Gasteiger partial charge in [0.05, 0.1) is 19.2 Å². The number of anilines is 1. The van der Waals surface area contributed by atoms with Crippen LogP contribution < -0.4 is 15.8 Å². The molecule has 0 bridgehead atoms. The van der Waals surface area contributed by atoms with Gasteiger partial charge in [0.15, 0.2) is 5.82 Å². The second kappa shape index (κ2) is 8.26. The van der Waals surface area contributed by atoms with Gasteiger partial charge in [-0.15, -0.1) is 11.3 Å². The second-order valence-electron chi connectivity index (χ2n) is 7.04. The van der Waals surface area contributed by atoms with Gasteiger partial charge in [-0.25, -0.2) is 23.9 Å². The number of benzene rings is 1. The predicted octanol–water partition coefficient (Wildman–Crippen LogP) is 3.03. The lowest BCUT2D eigenvalue weighted by molar-refractivity contribution is 0.0947. The topological polar surface area (TPSA) is 120 Å². The lowest BCUT2D eigenvalue weighted by atomic mass is 10.2. The Morgan fingerprint density at radius 2 is 2.16 bits per heavy atom. The molecule has 0 fully saturated rings. The van der Waals surface area contributed by atoms with Crippen molar-refractivity contribution in [3.05, 3.63) is 52.8 Å². The smallest absolute Gasteiger partial charge is 0.255 e. The van der Waals surface area contributed by atoms with Crippen LogP contribution in [0.2, 0.25) is 0 Å². The molecule has 3 N–H and O–H groups in total. The Bertz CT molecular complexity index is 1270. The Balaban J connectivity index is 1.59. The summed E-state index contributed by atoms with van der Waals surface area (Å²) in [6.07, 6.45) is 3.05. The highest BCUT2D eigenvalue weighted by atomic mass is 32.1. The summed E-state index contributed by atoms with van der Waals surface area (Å²) in [5.74, 6) is 0.521. The van der Waals surface area contributed by atoms with Crippen molar-refractivity contribution in [3.63, 3.8) is 0 Å². The number of amides is 1. The molecule has 0 aliphatic rings. The number of ether oxygens (including phenoxy) is 1. The molecule has 9 nitrogen and oxygen atoms in total. The van der Waals surface area contributed by atoms with Crippen LogP contribution in [-0.2, 0) is 6.54 Å². The van der Waals surface area contributed by atoms with Crippen LogP contribution in [0.25, 0.3) is 16.2 Å². The van der Waals surface area contributed by atoms with E-state index in [0.29, 0.717) is 27.8 Å². The van der Waals surface area contributed by atoms with Crippen molar-refractivity contribution >= 4 is 28.6 Å².